The van der Waals surface area contributed by atoms with Crippen LogP contribution in [0.5, 0.6) is 0 Å². The summed E-state index contributed by atoms with van der Waals surface area (Å²) in [6, 6.07) is 0. The fourth-order valence-corrected chi connectivity index (χ4v) is 2.54. The highest BCUT2D eigenvalue weighted by atomic mass is 79.9. The number of hydrogen-bond donors (Lipinski definition) is 1. The lowest BCUT2D eigenvalue weighted by atomic mass is 10.0. The molecule has 1 aromatic rings. The van der Waals surface area contributed by atoms with Crippen LogP contribution in [-0.2, 0) is 11.3 Å². The summed E-state index contributed by atoms with van der Waals surface area (Å²) in [7, 11) is 0. The maximum Gasteiger partial charge on any atom is 0.408 e. The maximum atomic E-state index is 12.3. The number of nitrogens with one attached hydrogen (secondary N) is 1. The predicted octanol–water partition coefficient (Wildman–Crippen LogP) is 2.41. The zero-order valence-electron chi connectivity index (χ0n) is 11.1. The van der Waals surface area contributed by atoms with Gasteiger partial charge >= 0.3 is 6.18 Å². The van der Waals surface area contributed by atoms with Gasteiger partial charge in [-0.25, -0.2) is 4.68 Å². The molecule has 1 atom stereocenters. The lowest BCUT2D eigenvalue weighted by molar-refractivity contribution is -0.143. The highest BCUT2D eigenvalue weighted by molar-refractivity contribution is 9.10. The van der Waals surface area contributed by atoms with Crippen molar-refractivity contribution in [2.24, 2.45) is 5.92 Å². The average molecular weight is 370 g/mol. The second kappa shape index (κ2) is 6.78. The molecule has 0 amide bonds. The highest BCUT2D eigenvalue weighted by Gasteiger charge is 2.29. The Morgan fingerprint density at radius 3 is 2.90 bits per heavy atom. The number of anilines is 1. The molecule has 1 aliphatic rings. The minimum absolute atomic E-state index is 0.0541. The first-order chi connectivity index (χ1) is 9.87. The molecule has 118 valence electrons. The van der Waals surface area contributed by atoms with Crippen LogP contribution in [-0.4, -0.2) is 35.7 Å². The van der Waals surface area contributed by atoms with Gasteiger partial charge in [0.05, 0.1) is 18.5 Å². The van der Waals surface area contributed by atoms with E-state index in [4.69, 9.17) is 4.74 Å². The number of rotatable bonds is 4. The standard InChI is InChI=1S/C12H15BrF3N3O2/c13-10-9(17-4-8-2-1-3-21-6-8)5-18-19(11(10)20)7-12(14,15)16/h5,8,17H,1-4,6-7H2. The van der Waals surface area contributed by atoms with Crippen molar-refractivity contribution in [2.45, 2.75) is 25.6 Å². The summed E-state index contributed by atoms with van der Waals surface area (Å²) in [5, 5.41) is 6.58. The van der Waals surface area contributed by atoms with Crippen LogP contribution in [0, 0.1) is 5.92 Å². The molecule has 1 fully saturated rings. The van der Waals surface area contributed by atoms with Gasteiger partial charge in [-0.05, 0) is 34.7 Å². The quantitative estimate of drug-likeness (QED) is 0.885. The Hall–Kier alpha value is -1.09. The molecule has 0 radical (unpaired) electrons. The second-order valence-electron chi connectivity index (χ2n) is 4.91. The third-order valence-electron chi connectivity index (χ3n) is 3.15. The van der Waals surface area contributed by atoms with Gasteiger partial charge in [-0.2, -0.15) is 18.3 Å². The van der Waals surface area contributed by atoms with Gasteiger partial charge in [0.2, 0.25) is 0 Å². The van der Waals surface area contributed by atoms with Gasteiger partial charge in [-0.1, -0.05) is 0 Å². The molecule has 9 heteroatoms. The van der Waals surface area contributed by atoms with Crippen molar-refractivity contribution < 1.29 is 17.9 Å². The third kappa shape index (κ3) is 4.70. The third-order valence-corrected chi connectivity index (χ3v) is 3.92. The van der Waals surface area contributed by atoms with Gasteiger partial charge in [0.25, 0.3) is 5.56 Å². The molecule has 0 aliphatic carbocycles. The Balaban J connectivity index is 2.04. The van der Waals surface area contributed by atoms with E-state index in [2.05, 4.69) is 26.3 Å². The predicted molar refractivity (Wildman–Crippen MR) is 74.3 cm³/mol. The molecule has 5 nitrogen and oxygen atoms in total. The maximum absolute atomic E-state index is 12.3. The van der Waals surface area contributed by atoms with E-state index in [1.54, 1.807) is 0 Å². The molecule has 2 heterocycles. The van der Waals surface area contributed by atoms with Crippen LogP contribution in [0.15, 0.2) is 15.5 Å². The van der Waals surface area contributed by atoms with Crippen LogP contribution in [0.2, 0.25) is 0 Å². The van der Waals surface area contributed by atoms with Crippen molar-refractivity contribution in [1.29, 1.82) is 0 Å². The Kier molecular flexibility index (Phi) is 5.26. The zero-order chi connectivity index (χ0) is 15.5. The molecule has 2 rings (SSSR count). The Labute approximate surface area is 127 Å². The minimum atomic E-state index is -4.48. The van der Waals surface area contributed by atoms with E-state index >= 15 is 0 Å². The van der Waals surface area contributed by atoms with Gasteiger partial charge < -0.3 is 10.1 Å². The Morgan fingerprint density at radius 1 is 1.52 bits per heavy atom. The van der Waals surface area contributed by atoms with E-state index in [0.29, 0.717) is 29.4 Å². The SMILES string of the molecule is O=c1c(Br)c(NCC2CCCOC2)cnn1CC(F)(F)F. The van der Waals surface area contributed by atoms with Crippen molar-refractivity contribution in [3.8, 4) is 0 Å². The van der Waals surface area contributed by atoms with Crippen molar-refractivity contribution >= 4 is 21.6 Å². The largest absolute Gasteiger partial charge is 0.408 e. The molecular weight excluding hydrogens is 355 g/mol. The van der Waals surface area contributed by atoms with Crippen molar-refractivity contribution in [3.05, 3.63) is 21.0 Å². The first-order valence-corrected chi connectivity index (χ1v) is 7.30. The summed E-state index contributed by atoms with van der Waals surface area (Å²) in [5.74, 6) is 0.322. The molecule has 1 N–H and O–H groups in total. The van der Waals surface area contributed by atoms with Crippen LogP contribution in [0.25, 0.3) is 0 Å². The number of hydrogen-bond acceptors (Lipinski definition) is 4. The van der Waals surface area contributed by atoms with E-state index in [9.17, 15) is 18.0 Å². The van der Waals surface area contributed by atoms with Crippen LogP contribution < -0.4 is 10.9 Å². The molecule has 1 aromatic heterocycles. The second-order valence-corrected chi connectivity index (χ2v) is 5.71. The smallest absolute Gasteiger partial charge is 0.382 e. The number of aromatic nitrogens is 2. The normalized spacial score (nSPS) is 19.5. The number of halogens is 4. The lowest BCUT2D eigenvalue weighted by Crippen LogP contribution is -2.31. The number of ether oxygens (including phenoxy) is 1. The van der Waals surface area contributed by atoms with E-state index in [1.807, 2.05) is 0 Å². The molecule has 0 saturated carbocycles. The Morgan fingerprint density at radius 2 is 2.29 bits per heavy atom. The van der Waals surface area contributed by atoms with Gasteiger partial charge in [-0.15, -0.1) is 0 Å². The van der Waals surface area contributed by atoms with Crippen molar-refractivity contribution in [2.75, 3.05) is 25.1 Å². The fraction of sp³-hybridized carbons (Fsp3) is 0.667. The summed E-state index contributed by atoms with van der Waals surface area (Å²) in [4.78, 5) is 11.8. The molecule has 0 bridgehead atoms. The summed E-state index contributed by atoms with van der Waals surface area (Å²) < 4.78 is 42.7. The van der Waals surface area contributed by atoms with Gasteiger partial charge in [0.15, 0.2) is 0 Å². The van der Waals surface area contributed by atoms with Crippen molar-refractivity contribution in [3.63, 3.8) is 0 Å². The summed E-state index contributed by atoms with van der Waals surface area (Å²) in [6.07, 6.45) is -1.26. The van der Waals surface area contributed by atoms with Crippen LogP contribution in [0.1, 0.15) is 12.8 Å². The zero-order valence-corrected chi connectivity index (χ0v) is 12.7. The van der Waals surface area contributed by atoms with Gasteiger partial charge in [0, 0.05) is 13.2 Å². The van der Waals surface area contributed by atoms with Crippen molar-refractivity contribution in [1.82, 2.24) is 9.78 Å². The molecule has 1 saturated heterocycles. The van der Waals surface area contributed by atoms with Crippen LogP contribution in [0.3, 0.4) is 0 Å². The van der Waals surface area contributed by atoms with E-state index < -0.39 is 18.3 Å². The Bertz CT molecular complexity index is 542. The highest BCUT2D eigenvalue weighted by Crippen LogP contribution is 2.21. The van der Waals surface area contributed by atoms with Crippen LogP contribution >= 0.6 is 15.9 Å². The fourth-order valence-electron chi connectivity index (χ4n) is 2.09. The van der Waals surface area contributed by atoms with Gasteiger partial charge in [-0.3, -0.25) is 4.79 Å². The average Bonchev–Trinajstić information content (AvgIpc) is 2.43. The number of nitrogens with zero attached hydrogens (tertiary/aromatic N) is 2. The molecule has 1 unspecified atom stereocenters. The van der Waals surface area contributed by atoms with Gasteiger partial charge in [0.1, 0.15) is 11.0 Å². The molecule has 0 aromatic carbocycles. The topological polar surface area (TPSA) is 56.1 Å². The first-order valence-electron chi connectivity index (χ1n) is 6.51. The summed E-state index contributed by atoms with van der Waals surface area (Å²) in [6.45, 7) is 0.586. The van der Waals surface area contributed by atoms with E-state index in [0.717, 1.165) is 19.4 Å². The number of alkyl halides is 3. The molecule has 1 aliphatic heterocycles. The van der Waals surface area contributed by atoms with E-state index in [1.165, 1.54) is 6.20 Å². The summed E-state index contributed by atoms with van der Waals surface area (Å²) in [5.41, 5.74) is -0.416. The van der Waals surface area contributed by atoms with Crippen LogP contribution in [0.4, 0.5) is 18.9 Å². The molecule has 0 spiro atoms. The summed E-state index contributed by atoms with van der Waals surface area (Å²) >= 11 is 3.03. The molecular formula is C12H15BrF3N3O2. The lowest BCUT2D eigenvalue weighted by Gasteiger charge is -2.22. The molecule has 21 heavy (non-hydrogen) atoms. The first kappa shape index (κ1) is 16.3. The minimum Gasteiger partial charge on any atom is -0.382 e. The monoisotopic (exact) mass is 369 g/mol. The van der Waals surface area contributed by atoms with E-state index in [-0.39, 0.29) is 4.47 Å².